The first-order valence-corrected chi connectivity index (χ1v) is 10.7. The highest BCUT2D eigenvalue weighted by Gasteiger charge is 2.08. The van der Waals surface area contributed by atoms with E-state index in [9.17, 15) is 0 Å². The Morgan fingerprint density at radius 1 is 0.256 bits per heavy atom. The van der Waals surface area contributed by atoms with Crippen molar-refractivity contribution in [1.29, 1.82) is 0 Å². The first kappa shape index (κ1) is 30.6. The highest BCUT2D eigenvalue weighted by molar-refractivity contribution is 5.95. The molecule has 0 fully saturated rings. The average Bonchev–Trinajstić information content (AvgIpc) is 2.81. The largest absolute Gasteiger partial charge is 0.397 e. The number of aromatic nitrogens is 4. The molecule has 0 atom stereocenters. The molecule has 12 nitrogen and oxygen atoms in total. The second-order valence-electron chi connectivity index (χ2n) is 8.33. The monoisotopic (exact) mass is 588 g/mol. The summed E-state index contributed by atoms with van der Waals surface area (Å²) in [5.41, 5.74) is 55.3. The van der Waals surface area contributed by atoms with Gasteiger partial charge < -0.3 is 45.9 Å². The number of fused-ring (bicyclic) bond motifs is 4. The van der Waals surface area contributed by atoms with Gasteiger partial charge in [0.2, 0.25) is 0 Å². The molecule has 0 spiro atoms. The van der Waals surface area contributed by atoms with E-state index < -0.39 is 0 Å². The number of nitrogens with two attached hydrogens (primary N) is 8. The van der Waals surface area contributed by atoms with Gasteiger partial charge in [-0.25, -0.2) is 19.9 Å². The molecule has 0 aliphatic rings. The summed E-state index contributed by atoms with van der Waals surface area (Å²) in [6.45, 7) is 0. The summed E-state index contributed by atoms with van der Waals surface area (Å²) in [5, 5.41) is 0. The second-order valence-corrected chi connectivity index (χ2v) is 8.33. The molecule has 15 heteroatoms. The standard InChI is InChI=1S/2C12H12N6.3ClH/c2*13-5-1-9-10(2-6(5)14)18-12-4-8(16)7(15)3-11(12)17-9;;;/h2*1-4H,13-16H2;3*1H. The predicted molar refractivity (Wildman–Crippen MR) is 171 cm³/mol. The van der Waals surface area contributed by atoms with Crippen LogP contribution >= 0.6 is 37.2 Å². The van der Waals surface area contributed by atoms with Crippen LogP contribution in [-0.4, -0.2) is 19.9 Å². The molecule has 0 unspecified atom stereocenters. The van der Waals surface area contributed by atoms with Gasteiger partial charge in [-0.15, -0.1) is 37.2 Å². The fourth-order valence-electron chi connectivity index (χ4n) is 3.67. The Morgan fingerprint density at radius 3 is 0.462 bits per heavy atom. The van der Waals surface area contributed by atoms with Crippen LogP contribution in [0.5, 0.6) is 0 Å². The van der Waals surface area contributed by atoms with Crippen LogP contribution in [0.15, 0.2) is 48.5 Å². The molecule has 4 aromatic carbocycles. The van der Waals surface area contributed by atoms with E-state index in [2.05, 4.69) is 19.9 Å². The summed E-state index contributed by atoms with van der Waals surface area (Å²) in [7, 11) is 0. The van der Waals surface area contributed by atoms with E-state index in [0.29, 0.717) is 89.6 Å². The first-order valence-electron chi connectivity index (χ1n) is 10.7. The van der Waals surface area contributed by atoms with Crippen LogP contribution in [0.4, 0.5) is 45.5 Å². The van der Waals surface area contributed by atoms with Gasteiger partial charge >= 0.3 is 0 Å². The Hall–Kier alpha value is -4.65. The molecule has 2 aromatic heterocycles. The topological polar surface area (TPSA) is 260 Å². The zero-order valence-electron chi connectivity index (χ0n) is 20.3. The molecule has 6 aromatic rings. The van der Waals surface area contributed by atoms with Gasteiger partial charge in [-0.2, -0.15) is 0 Å². The fraction of sp³-hybridized carbons (Fsp3) is 0. The third-order valence-corrected chi connectivity index (χ3v) is 5.68. The van der Waals surface area contributed by atoms with Crippen LogP contribution in [0.1, 0.15) is 0 Å². The summed E-state index contributed by atoms with van der Waals surface area (Å²) < 4.78 is 0. The van der Waals surface area contributed by atoms with Crippen molar-refractivity contribution in [3.8, 4) is 0 Å². The van der Waals surface area contributed by atoms with E-state index >= 15 is 0 Å². The molecule has 0 radical (unpaired) electrons. The maximum Gasteiger partial charge on any atom is 0.0916 e. The second kappa shape index (κ2) is 11.4. The van der Waals surface area contributed by atoms with E-state index in [4.69, 9.17) is 45.9 Å². The summed E-state index contributed by atoms with van der Waals surface area (Å²) in [4.78, 5) is 17.8. The number of hydrogen-bond donors (Lipinski definition) is 8. The maximum absolute atomic E-state index is 5.75. The molecule has 0 amide bonds. The van der Waals surface area contributed by atoms with E-state index in [0.717, 1.165) is 0 Å². The Bertz CT molecular complexity index is 1450. The Kier molecular flexibility index (Phi) is 8.93. The maximum atomic E-state index is 5.75. The quantitative estimate of drug-likeness (QED) is 0.0934. The third kappa shape index (κ3) is 5.77. The van der Waals surface area contributed by atoms with E-state index in [1.54, 1.807) is 48.5 Å². The lowest BCUT2D eigenvalue weighted by Crippen LogP contribution is -1.98. The molecule has 16 N–H and O–H groups in total. The number of nitrogen functional groups attached to an aromatic ring is 8. The molecule has 204 valence electrons. The molecule has 0 aliphatic carbocycles. The summed E-state index contributed by atoms with van der Waals surface area (Å²) in [6.07, 6.45) is 0. The molecule has 0 saturated carbocycles. The van der Waals surface area contributed by atoms with Crippen LogP contribution in [0.2, 0.25) is 0 Å². The molecule has 39 heavy (non-hydrogen) atoms. The molecule has 0 aliphatic heterocycles. The zero-order valence-corrected chi connectivity index (χ0v) is 22.7. The van der Waals surface area contributed by atoms with E-state index in [-0.39, 0.29) is 37.2 Å². The molecular formula is C24H27Cl3N12. The molecule has 0 saturated heterocycles. The van der Waals surface area contributed by atoms with Gasteiger partial charge in [-0.05, 0) is 48.5 Å². The van der Waals surface area contributed by atoms with Crippen molar-refractivity contribution in [3.05, 3.63) is 48.5 Å². The fourth-order valence-corrected chi connectivity index (χ4v) is 3.67. The first-order chi connectivity index (χ1) is 17.1. The third-order valence-electron chi connectivity index (χ3n) is 5.68. The number of rotatable bonds is 0. The van der Waals surface area contributed by atoms with Gasteiger partial charge in [-0.1, -0.05) is 0 Å². The van der Waals surface area contributed by atoms with Crippen molar-refractivity contribution >= 4 is 127 Å². The summed E-state index contributed by atoms with van der Waals surface area (Å²) >= 11 is 0. The lowest BCUT2D eigenvalue weighted by Gasteiger charge is -2.06. The van der Waals surface area contributed by atoms with Crippen molar-refractivity contribution in [2.24, 2.45) is 0 Å². The smallest absolute Gasteiger partial charge is 0.0916 e. The lowest BCUT2D eigenvalue weighted by atomic mass is 10.2. The lowest BCUT2D eigenvalue weighted by molar-refractivity contribution is 1.40. The van der Waals surface area contributed by atoms with Gasteiger partial charge in [0, 0.05) is 0 Å². The van der Waals surface area contributed by atoms with Crippen LogP contribution in [-0.2, 0) is 0 Å². The number of benzene rings is 4. The van der Waals surface area contributed by atoms with Crippen molar-refractivity contribution in [1.82, 2.24) is 19.9 Å². The number of halogens is 3. The highest BCUT2D eigenvalue weighted by atomic mass is 35.5. The SMILES string of the molecule is Cl.Cl.Cl.Nc1cc2nc3cc(N)c(N)cc3nc2cc1N.Nc1cc2nc3cc(N)c(N)cc3nc2cc1N. The minimum absolute atomic E-state index is 0. The Morgan fingerprint density at radius 2 is 0.359 bits per heavy atom. The van der Waals surface area contributed by atoms with Crippen molar-refractivity contribution in [3.63, 3.8) is 0 Å². The van der Waals surface area contributed by atoms with Crippen molar-refractivity contribution in [2.45, 2.75) is 0 Å². The normalized spacial score (nSPS) is 10.3. The zero-order chi connectivity index (χ0) is 25.7. The van der Waals surface area contributed by atoms with Crippen molar-refractivity contribution in [2.75, 3.05) is 45.9 Å². The number of nitrogens with zero attached hydrogens (tertiary/aromatic N) is 4. The van der Waals surface area contributed by atoms with E-state index in [1.165, 1.54) is 0 Å². The van der Waals surface area contributed by atoms with Gasteiger partial charge in [-0.3, -0.25) is 0 Å². The van der Waals surface area contributed by atoms with Crippen LogP contribution in [0.25, 0.3) is 44.1 Å². The van der Waals surface area contributed by atoms with Gasteiger partial charge in [0.05, 0.1) is 89.6 Å². The Balaban J connectivity index is 0.000000254. The molecule has 2 heterocycles. The predicted octanol–water partition coefficient (Wildman–Crippen LogP) is 3.49. The summed E-state index contributed by atoms with van der Waals surface area (Å²) in [5.74, 6) is 0. The molecule has 0 bridgehead atoms. The van der Waals surface area contributed by atoms with Gasteiger partial charge in [0.15, 0.2) is 0 Å². The minimum atomic E-state index is 0. The van der Waals surface area contributed by atoms with Gasteiger partial charge in [0.1, 0.15) is 0 Å². The minimum Gasteiger partial charge on any atom is -0.397 e. The number of anilines is 8. The van der Waals surface area contributed by atoms with Crippen molar-refractivity contribution < 1.29 is 0 Å². The highest BCUT2D eigenvalue weighted by Crippen LogP contribution is 2.28. The Labute approximate surface area is 240 Å². The van der Waals surface area contributed by atoms with Crippen LogP contribution < -0.4 is 45.9 Å². The van der Waals surface area contributed by atoms with Crippen LogP contribution in [0, 0.1) is 0 Å². The molecular weight excluding hydrogens is 563 g/mol. The molecule has 6 rings (SSSR count). The van der Waals surface area contributed by atoms with E-state index in [1.807, 2.05) is 0 Å². The average molecular weight is 590 g/mol. The summed E-state index contributed by atoms with van der Waals surface area (Å²) in [6, 6.07) is 13.6. The van der Waals surface area contributed by atoms with Crippen LogP contribution in [0.3, 0.4) is 0 Å². The number of hydrogen-bond acceptors (Lipinski definition) is 12. The van der Waals surface area contributed by atoms with Gasteiger partial charge in [0.25, 0.3) is 0 Å².